The van der Waals surface area contributed by atoms with Crippen LogP contribution in [0, 0.1) is 50.7 Å². The fourth-order valence-corrected chi connectivity index (χ4v) is 12.7. The largest absolute Gasteiger partial charge is 0.393 e. The molecule has 12 unspecified atom stereocenters. The monoisotopic (exact) mass is 529 g/mol. The van der Waals surface area contributed by atoms with Gasteiger partial charge in [0.25, 0.3) is 0 Å². The quantitative estimate of drug-likeness (QED) is 0.566. The number of amides is 1. The Morgan fingerprint density at radius 2 is 1.66 bits per heavy atom. The van der Waals surface area contributed by atoms with Gasteiger partial charge in [-0.3, -0.25) is 4.79 Å². The van der Waals surface area contributed by atoms with Gasteiger partial charge in [0.1, 0.15) is 0 Å². The molecule has 2 saturated heterocycles. The van der Waals surface area contributed by atoms with E-state index in [0.29, 0.717) is 54.3 Å². The van der Waals surface area contributed by atoms with E-state index in [-0.39, 0.29) is 46.5 Å². The lowest BCUT2D eigenvalue weighted by Gasteiger charge is -2.63. The van der Waals surface area contributed by atoms with Gasteiger partial charge >= 0.3 is 0 Å². The van der Waals surface area contributed by atoms with Gasteiger partial charge < -0.3 is 24.6 Å². The summed E-state index contributed by atoms with van der Waals surface area (Å²) in [6.07, 6.45) is 8.29. The number of nitrogens with zero attached hydrogens (tertiary/aromatic N) is 1. The van der Waals surface area contributed by atoms with Crippen LogP contribution in [0.3, 0.4) is 0 Å². The first-order valence-corrected chi connectivity index (χ1v) is 15.7. The summed E-state index contributed by atoms with van der Waals surface area (Å²) in [5, 5.41) is 23.3. The van der Waals surface area contributed by atoms with Crippen LogP contribution in [0.4, 0.5) is 0 Å². The second-order valence-corrected chi connectivity index (χ2v) is 16.0. The lowest BCUT2D eigenvalue weighted by atomic mass is 9.41. The number of aliphatic hydroxyl groups is 2. The predicted molar refractivity (Wildman–Crippen MR) is 144 cm³/mol. The van der Waals surface area contributed by atoms with E-state index in [4.69, 9.17) is 9.47 Å². The third-order valence-electron chi connectivity index (χ3n) is 14.7. The zero-order chi connectivity index (χ0) is 27.0. The standard InChI is InChI=1S/C32H51NO5/c1-18-13-21(14-33(19(2)34)20-15-37-16-20)38-26-25(18)29(5)11-12-32-17-31(32)10-9-24(35)28(3,4)22(31)7-8-23(32)30(29,6)27(26)36/h18,20-27,35-36H,7-17H2,1-6H3. The molecule has 38 heavy (non-hydrogen) atoms. The number of ether oxygens (including phenoxy) is 2. The molecule has 7 fully saturated rings. The molecular formula is C32H51NO5. The molecule has 214 valence electrons. The molecule has 6 heteroatoms. The van der Waals surface area contributed by atoms with Crippen molar-refractivity contribution in [2.24, 2.45) is 50.7 Å². The summed E-state index contributed by atoms with van der Waals surface area (Å²) in [5.74, 6) is 2.01. The first-order valence-electron chi connectivity index (χ1n) is 15.7. The number of hydrogen-bond donors (Lipinski definition) is 2. The summed E-state index contributed by atoms with van der Waals surface area (Å²) in [7, 11) is 0. The number of carbonyl (C=O) groups is 1. The molecule has 0 radical (unpaired) electrons. The molecule has 7 aliphatic rings. The summed E-state index contributed by atoms with van der Waals surface area (Å²) in [4.78, 5) is 14.4. The van der Waals surface area contributed by atoms with Crippen LogP contribution in [-0.2, 0) is 14.3 Å². The van der Waals surface area contributed by atoms with E-state index < -0.39 is 6.10 Å². The molecule has 6 nitrogen and oxygen atoms in total. The summed E-state index contributed by atoms with van der Waals surface area (Å²) in [5.41, 5.74) is 0.558. The minimum absolute atomic E-state index is 0.0183. The third-order valence-corrected chi connectivity index (χ3v) is 14.7. The average Bonchev–Trinajstić information content (AvgIpc) is 3.45. The first-order chi connectivity index (χ1) is 17.8. The van der Waals surface area contributed by atoms with E-state index >= 15 is 0 Å². The van der Waals surface area contributed by atoms with Crippen LogP contribution in [0.2, 0.25) is 0 Å². The van der Waals surface area contributed by atoms with Gasteiger partial charge in [0, 0.05) is 18.9 Å². The van der Waals surface area contributed by atoms with Crippen molar-refractivity contribution in [2.75, 3.05) is 19.8 Å². The average molecular weight is 530 g/mol. The van der Waals surface area contributed by atoms with Crippen LogP contribution in [0.15, 0.2) is 0 Å². The van der Waals surface area contributed by atoms with Crippen molar-refractivity contribution in [3.63, 3.8) is 0 Å². The number of carbonyl (C=O) groups excluding carboxylic acids is 1. The van der Waals surface area contributed by atoms with E-state index in [1.54, 1.807) is 6.92 Å². The van der Waals surface area contributed by atoms with Crippen molar-refractivity contribution < 1.29 is 24.5 Å². The van der Waals surface area contributed by atoms with Gasteiger partial charge in [0.15, 0.2) is 0 Å². The van der Waals surface area contributed by atoms with Gasteiger partial charge in [-0.25, -0.2) is 0 Å². The molecule has 0 aromatic heterocycles. The number of rotatable bonds is 3. The topological polar surface area (TPSA) is 79.2 Å². The van der Waals surface area contributed by atoms with Crippen molar-refractivity contribution in [3.05, 3.63) is 0 Å². The maximum Gasteiger partial charge on any atom is 0.219 e. The molecule has 0 aromatic carbocycles. The third kappa shape index (κ3) is 2.92. The SMILES string of the molecule is CC(=O)N(CC1CC(C)C2C(O1)C(O)C1(C)C3CCC4C(C)(C)C(O)CCC45CC35CCC21C)C1COC1. The van der Waals surface area contributed by atoms with Crippen LogP contribution in [0.5, 0.6) is 0 Å². The molecule has 1 amide bonds. The Hall–Kier alpha value is -0.690. The van der Waals surface area contributed by atoms with Gasteiger partial charge in [0.05, 0.1) is 43.7 Å². The molecule has 7 rings (SSSR count). The Balaban J connectivity index is 1.19. The number of fused-ring (bicyclic) bond motifs is 4. The fraction of sp³-hybridized carbons (Fsp3) is 0.969. The van der Waals surface area contributed by atoms with Gasteiger partial charge in [-0.15, -0.1) is 0 Å². The second kappa shape index (κ2) is 7.98. The fourth-order valence-electron chi connectivity index (χ4n) is 12.7. The first kappa shape index (κ1) is 26.2. The normalized spacial score (nSPS) is 56.4. The Labute approximate surface area is 229 Å². The highest BCUT2D eigenvalue weighted by molar-refractivity contribution is 5.73. The highest BCUT2D eigenvalue weighted by Gasteiger charge is 2.84. The van der Waals surface area contributed by atoms with Crippen molar-refractivity contribution >= 4 is 5.91 Å². The molecule has 5 aliphatic carbocycles. The summed E-state index contributed by atoms with van der Waals surface area (Å²) < 4.78 is 12.3. The van der Waals surface area contributed by atoms with E-state index in [1.807, 2.05) is 4.90 Å². The molecule has 12 atom stereocenters. The second-order valence-electron chi connectivity index (χ2n) is 16.0. The maximum absolute atomic E-state index is 12.5. The van der Waals surface area contributed by atoms with Crippen LogP contribution >= 0.6 is 0 Å². The minimum Gasteiger partial charge on any atom is -0.393 e. The molecule has 2 spiro atoms. The van der Waals surface area contributed by atoms with Crippen LogP contribution in [-0.4, -0.2) is 71.2 Å². The van der Waals surface area contributed by atoms with Crippen LogP contribution in [0.1, 0.15) is 92.9 Å². The molecular weight excluding hydrogens is 478 g/mol. The molecule has 0 bridgehead atoms. The molecule has 2 heterocycles. The lowest BCUT2D eigenvalue weighted by molar-refractivity contribution is -0.182. The smallest absolute Gasteiger partial charge is 0.219 e. The Morgan fingerprint density at radius 1 is 0.974 bits per heavy atom. The van der Waals surface area contributed by atoms with Gasteiger partial charge in [0.2, 0.25) is 5.91 Å². The Kier molecular flexibility index (Phi) is 5.51. The lowest BCUT2D eigenvalue weighted by Crippen LogP contribution is -2.59. The minimum atomic E-state index is -0.473. The molecule has 5 saturated carbocycles. The van der Waals surface area contributed by atoms with Crippen LogP contribution in [0.25, 0.3) is 0 Å². The van der Waals surface area contributed by atoms with Crippen molar-refractivity contribution in [2.45, 2.75) is 123 Å². The highest BCUT2D eigenvalue weighted by atomic mass is 16.5. The highest BCUT2D eigenvalue weighted by Crippen LogP contribution is 2.89. The van der Waals surface area contributed by atoms with E-state index in [2.05, 4.69) is 34.6 Å². The van der Waals surface area contributed by atoms with Crippen LogP contribution < -0.4 is 0 Å². The van der Waals surface area contributed by atoms with Crippen molar-refractivity contribution in [3.8, 4) is 0 Å². The summed E-state index contributed by atoms with van der Waals surface area (Å²) >= 11 is 0. The van der Waals surface area contributed by atoms with Crippen molar-refractivity contribution in [1.29, 1.82) is 0 Å². The summed E-state index contributed by atoms with van der Waals surface area (Å²) in [6.45, 7) is 15.4. The molecule has 0 aromatic rings. The molecule has 2 aliphatic heterocycles. The number of aliphatic hydroxyl groups excluding tert-OH is 2. The Bertz CT molecular complexity index is 1010. The molecule has 2 N–H and O–H groups in total. The van der Waals surface area contributed by atoms with Gasteiger partial charge in [-0.1, -0.05) is 34.6 Å². The van der Waals surface area contributed by atoms with E-state index in [9.17, 15) is 15.0 Å². The Morgan fingerprint density at radius 3 is 2.32 bits per heavy atom. The summed E-state index contributed by atoms with van der Waals surface area (Å²) in [6, 6.07) is 0.162. The van der Waals surface area contributed by atoms with E-state index in [1.165, 1.54) is 32.1 Å². The predicted octanol–water partition coefficient (Wildman–Crippen LogP) is 4.41. The zero-order valence-electron chi connectivity index (χ0n) is 24.5. The number of hydrogen-bond acceptors (Lipinski definition) is 5. The van der Waals surface area contributed by atoms with Crippen molar-refractivity contribution in [1.82, 2.24) is 4.90 Å². The zero-order valence-corrected chi connectivity index (χ0v) is 24.5. The van der Waals surface area contributed by atoms with Gasteiger partial charge in [-0.05, 0) is 96.7 Å². The maximum atomic E-state index is 12.5. The van der Waals surface area contributed by atoms with Gasteiger partial charge in [-0.2, -0.15) is 0 Å². The van der Waals surface area contributed by atoms with E-state index in [0.717, 1.165) is 19.3 Å².